The van der Waals surface area contributed by atoms with E-state index >= 15 is 0 Å². The molecule has 0 spiro atoms. The second-order valence-electron chi connectivity index (χ2n) is 16.8. The fourth-order valence-corrected chi connectivity index (χ4v) is 9.33. The van der Waals surface area contributed by atoms with Gasteiger partial charge >= 0.3 is 12.2 Å². The highest BCUT2D eigenvalue weighted by Gasteiger charge is 2.66. The predicted molar refractivity (Wildman–Crippen MR) is 159 cm³/mol. The summed E-state index contributed by atoms with van der Waals surface area (Å²) in [6, 6.07) is -0.220. The van der Waals surface area contributed by atoms with Gasteiger partial charge < -0.3 is 20.1 Å². The lowest BCUT2D eigenvalue weighted by Gasteiger charge is -2.61. The topological polar surface area (TPSA) is 136 Å². The lowest BCUT2D eigenvalue weighted by atomic mass is 9.51. The SMILES string of the molecule is CC1(C)CC(N=C=O)CC(C)(CNC(=O)O[C@H]2C(C)(C)[C@H](OC(=O)NCC3(C)CC(N=C=O)CC(C)(C)C3)C2(C)C)C1. The molecule has 0 aromatic rings. The van der Waals surface area contributed by atoms with Crippen LogP contribution in [0.4, 0.5) is 9.59 Å². The number of isocyanates is 2. The van der Waals surface area contributed by atoms with Crippen LogP contribution in [0.1, 0.15) is 108 Å². The van der Waals surface area contributed by atoms with Crippen LogP contribution in [-0.2, 0) is 19.1 Å². The first kappa shape index (κ1) is 33.8. The summed E-state index contributed by atoms with van der Waals surface area (Å²) in [4.78, 5) is 55.7. The van der Waals surface area contributed by atoms with Gasteiger partial charge in [-0.1, -0.05) is 69.2 Å². The van der Waals surface area contributed by atoms with Gasteiger partial charge in [-0.2, -0.15) is 0 Å². The fraction of sp³-hybridized carbons (Fsp3) is 0.875. The van der Waals surface area contributed by atoms with Crippen LogP contribution in [0.3, 0.4) is 0 Å². The van der Waals surface area contributed by atoms with Crippen molar-refractivity contribution in [1.29, 1.82) is 0 Å². The number of hydrogen-bond donors (Lipinski definition) is 2. The average molecular weight is 589 g/mol. The van der Waals surface area contributed by atoms with E-state index in [1.807, 2.05) is 27.7 Å². The van der Waals surface area contributed by atoms with E-state index in [0.717, 1.165) is 25.7 Å². The second kappa shape index (κ2) is 11.8. The molecule has 3 aliphatic rings. The normalized spacial score (nSPS) is 35.7. The monoisotopic (exact) mass is 588 g/mol. The number of amides is 2. The summed E-state index contributed by atoms with van der Waals surface area (Å²) < 4.78 is 11.9. The third kappa shape index (κ3) is 7.82. The molecule has 2 amide bonds. The Balaban J connectivity index is 1.55. The Bertz CT molecular complexity index is 1040. The predicted octanol–water partition coefficient (Wildman–Crippen LogP) is 6.08. The Morgan fingerprint density at radius 2 is 0.976 bits per heavy atom. The molecule has 3 aliphatic carbocycles. The Kier molecular flexibility index (Phi) is 9.47. The molecule has 0 bridgehead atoms. The zero-order chi connectivity index (χ0) is 31.8. The molecule has 0 aliphatic heterocycles. The first-order chi connectivity index (χ1) is 19.2. The Morgan fingerprint density at radius 3 is 1.29 bits per heavy atom. The molecule has 2 N–H and O–H groups in total. The molecule has 3 rings (SSSR count). The Labute approximate surface area is 251 Å². The highest BCUT2D eigenvalue weighted by Crippen LogP contribution is 2.57. The van der Waals surface area contributed by atoms with Crippen LogP contribution < -0.4 is 10.6 Å². The summed E-state index contributed by atoms with van der Waals surface area (Å²) in [5, 5.41) is 5.90. The van der Waals surface area contributed by atoms with Crippen molar-refractivity contribution in [2.24, 2.45) is 42.5 Å². The van der Waals surface area contributed by atoms with E-state index in [1.54, 1.807) is 12.2 Å². The van der Waals surface area contributed by atoms with Gasteiger partial charge in [0.2, 0.25) is 12.2 Å². The van der Waals surface area contributed by atoms with Crippen molar-refractivity contribution in [3.05, 3.63) is 0 Å². The molecule has 0 aromatic carbocycles. The number of alkyl carbamates (subject to hydrolysis) is 2. The molecule has 0 saturated heterocycles. The van der Waals surface area contributed by atoms with Crippen LogP contribution >= 0.6 is 0 Å². The minimum Gasteiger partial charge on any atom is -0.445 e. The summed E-state index contributed by atoms with van der Waals surface area (Å²) in [6.45, 7) is 21.4. The smallest absolute Gasteiger partial charge is 0.407 e. The van der Waals surface area contributed by atoms with E-state index in [9.17, 15) is 19.2 Å². The van der Waals surface area contributed by atoms with Crippen LogP contribution in [0.25, 0.3) is 0 Å². The highest BCUT2D eigenvalue weighted by atomic mass is 16.6. The zero-order valence-corrected chi connectivity index (χ0v) is 27.3. The van der Waals surface area contributed by atoms with Crippen molar-refractivity contribution in [2.45, 2.75) is 132 Å². The molecule has 4 unspecified atom stereocenters. The van der Waals surface area contributed by atoms with Gasteiger partial charge in [0.1, 0.15) is 12.2 Å². The quantitative estimate of drug-likeness (QED) is 0.260. The Hall–Kier alpha value is -2.70. The van der Waals surface area contributed by atoms with Crippen LogP contribution in [-0.4, -0.2) is 61.7 Å². The van der Waals surface area contributed by atoms with Gasteiger partial charge in [0.25, 0.3) is 0 Å². The van der Waals surface area contributed by atoms with Gasteiger partial charge in [-0.3, -0.25) is 0 Å². The number of ether oxygens (including phenoxy) is 2. The molecule has 4 atom stereocenters. The number of aliphatic imine (C=N–C) groups is 2. The molecule has 0 heterocycles. The highest BCUT2D eigenvalue weighted by molar-refractivity contribution is 5.69. The fourth-order valence-electron chi connectivity index (χ4n) is 9.33. The second-order valence-corrected chi connectivity index (χ2v) is 16.8. The average Bonchev–Trinajstić information content (AvgIpc) is 2.81. The molecule has 10 heteroatoms. The van der Waals surface area contributed by atoms with Crippen molar-refractivity contribution in [2.75, 3.05) is 13.1 Å². The third-order valence-corrected chi connectivity index (χ3v) is 9.79. The number of nitrogens with one attached hydrogen (secondary N) is 2. The maximum absolute atomic E-state index is 13.0. The molecular weight excluding hydrogens is 536 g/mol. The summed E-state index contributed by atoms with van der Waals surface area (Å²) in [6.07, 6.45) is 6.23. The number of hydrogen-bond acceptors (Lipinski definition) is 8. The minimum atomic E-state index is -0.598. The van der Waals surface area contributed by atoms with Crippen LogP contribution in [0, 0.1) is 32.5 Å². The first-order valence-electron chi connectivity index (χ1n) is 15.2. The van der Waals surface area contributed by atoms with E-state index in [1.165, 1.54) is 0 Å². The molecular formula is C32H52N4O6. The number of carbonyl (C=O) groups excluding carboxylic acids is 4. The van der Waals surface area contributed by atoms with E-state index < -0.39 is 35.2 Å². The largest absolute Gasteiger partial charge is 0.445 e. The van der Waals surface area contributed by atoms with Gasteiger partial charge in [0, 0.05) is 23.9 Å². The van der Waals surface area contributed by atoms with Gasteiger partial charge in [-0.05, 0) is 60.2 Å². The molecule has 0 radical (unpaired) electrons. The maximum Gasteiger partial charge on any atom is 0.407 e. The van der Waals surface area contributed by atoms with Crippen molar-refractivity contribution >= 4 is 24.3 Å². The summed E-state index contributed by atoms with van der Waals surface area (Å²) >= 11 is 0. The minimum absolute atomic E-state index is 0.0115. The van der Waals surface area contributed by atoms with E-state index in [4.69, 9.17) is 9.47 Å². The molecule has 3 saturated carbocycles. The number of nitrogens with zero attached hydrogens (tertiary/aromatic N) is 2. The van der Waals surface area contributed by atoms with Crippen LogP contribution in [0.5, 0.6) is 0 Å². The zero-order valence-electron chi connectivity index (χ0n) is 27.3. The van der Waals surface area contributed by atoms with Gasteiger partial charge in [0.05, 0.1) is 12.1 Å². The molecule has 236 valence electrons. The first-order valence-corrected chi connectivity index (χ1v) is 15.2. The third-order valence-electron chi connectivity index (χ3n) is 9.79. The molecule has 10 nitrogen and oxygen atoms in total. The van der Waals surface area contributed by atoms with Crippen molar-refractivity contribution in [3.8, 4) is 0 Å². The van der Waals surface area contributed by atoms with Crippen molar-refractivity contribution in [3.63, 3.8) is 0 Å². The lowest BCUT2D eigenvalue weighted by molar-refractivity contribution is -0.245. The van der Waals surface area contributed by atoms with E-state index in [0.29, 0.717) is 25.9 Å². The van der Waals surface area contributed by atoms with E-state index in [-0.39, 0.29) is 33.7 Å². The van der Waals surface area contributed by atoms with Gasteiger partial charge in [-0.15, -0.1) is 0 Å². The Morgan fingerprint density at radius 1 is 0.643 bits per heavy atom. The van der Waals surface area contributed by atoms with Crippen molar-refractivity contribution < 1.29 is 28.7 Å². The van der Waals surface area contributed by atoms with Gasteiger partial charge in [0.15, 0.2) is 0 Å². The summed E-state index contributed by atoms with van der Waals surface area (Å²) in [5.74, 6) is 0. The molecule has 42 heavy (non-hydrogen) atoms. The lowest BCUT2D eigenvalue weighted by Crippen LogP contribution is -2.70. The van der Waals surface area contributed by atoms with Crippen LogP contribution in [0.2, 0.25) is 0 Å². The summed E-state index contributed by atoms with van der Waals surface area (Å²) in [5.41, 5.74) is -1.68. The van der Waals surface area contributed by atoms with Crippen molar-refractivity contribution in [1.82, 2.24) is 10.6 Å². The molecule has 3 fully saturated rings. The molecule has 0 aromatic heterocycles. The maximum atomic E-state index is 13.0. The standard InChI is InChI=1S/C32H52N4O6/c1-27(2)11-21(35-19-37)13-31(9,15-27)17-33-25(39)41-23-29(5,6)24(30(23,7)8)42-26(40)34-18-32(10)14-22(36-20-38)12-28(3,4)16-32/h21-24H,11-18H2,1-10H3,(H,33,39)(H,34,40)/t21?,22?,23-,24-,31?,32?. The van der Waals surface area contributed by atoms with E-state index in [2.05, 4.69) is 62.2 Å². The van der Waals surface area contributed by atoms with Crippen LogP contribution in [0.15, 0.2) is 9.98 Å². The number of carbonyl (C=O) groups is 2. The van der Waals surface area contributed by atoms with Gasteiger partial charge in [-0.25, -0.2) is 29.2 Å². The summed E-state index contributed by atoms with van der Waals surface area (Å²) in [7, 11) is 0. The number of rotatable bonds is 8.